The minimum absolute atomic E-state index is 0.103. The molecule has 31 heavy (non-hydrogen) atoms. The molecule has 1 aromatic carbocycles. The lowest BCUT2D eigenvalue weighted by Crippen LogP contribution is -2.53. The fraction of sp³-hybridized carbons (Fsp3) is 0.364. The van der Waals surface area contributed by atoms with Crippen LogP contribution in [-0.4, -0.2) is 38.9 Å². The Balaban J connectivity index is 1.62. The van der Waals surface area contributed by atoms with Gasteiger partial charge in [0.15, 0.2) is 0 Å². The molecular formula is C22H24FN5O2S. The molecule has 1 saturated heterocycles. The summed E-state index contributed by atoms with van der Waals surface area (Å²) in [5, 5.41) is 2.59. The van der Waals surface area contributed by atoms with Crippen LogP contribution < -0.4 is 11.1 Å². The highest BCUT2D eigenvalue weighted by molar-refractivity contribution is 7.16. The van der Waals surface area contributed by atoms with E-state index in [1.54, 1.807) is 32.3 Å². The number of fused-ring (bicyclic) bond motifs is 1. The maximum absolute atomic E-state index is 15.2. The number of anilines is 2. The third-order valence-corrected chi connectivity index (χ3v) is 6.85. The first-order valence-corrected chi connectivity index (χ1v) is 10.9. The van der Waals surface area contributed by atoms with Crippen molar-refractivity contribution in [1.82, 2.24) is 14.9 Å². The molecule has 0 radical (unpaired) electrons. The van der Waals surface area contributed by atoms with Gasteiger partial charge in [0.2, 0.25) is 0 Å². The highest BCUT2D eigenvalue weighted by Crippen LogP contribution is 2.42. The smallest absolute Gasteiger partial charge is 0.313 e. The Kier molecular flexibility index (Phi) is 5.38. The van der Waals surface area contributed by atoms with Gasteiger partial charge in [0.05, 0.1) is 33.7 Å². The number of likely N-dealkylation sites (tertiary alicyclic amines) is 1. The van der Waals surface area contributed by atoms with Gasteiger partial charge < -0.3 is 16.0 Å². The summed E-state index contributed by atoms with van der Waals surface area (Å²) in [5.74, 6) is -1.56. The first kappa shape index (κ1) is 21.2. The van der Waals surface area contributed by atoms with Crippen molar-refractivity contribution in [2.24, 2.45) is 5.92 Å². The van der Waals surface area contributed by atoms with Crippen molar-refractivity contribution in [2.75, 3.05) is 17.6 Å². The Morgan fingerprint density at radius 1 is 1.32 bits per heavy atom. The molecule has 162 valence electrons. The minimum atomic E-state index is -1.47. The lowest BCUT2D eigenvalue weighted by molar-refractivity contribution is -0.149. The van der Waals surface area contributed by atoms with Crippen LogP contribution in [0, 0.1) is 12.8 Å². The summed E-state index contributed by atoms with van der Waals surface area (Å²) in [4.78, 5) is 35.7. The van der Waals surface area contributed by atoms with Crippen LogP contribution in [0.25, 0.3) is 10.2 Å². The zero-order valence-electron chi connectivity index (χ0n) is 17.6. The number of nitrogens with two attached hydrogens (primary N) is 1. The number of aromatic nitrogens is 2. The average molecular weight is 442 g/mol. The Bertz CT molecular complexity index is 1160. The fourth-order valence-corrected chi connectivity index (χ4v) is 4.53. The number of piperidine rings is 1. The molecule has 2 amide bonds. The summed E-state index contributed by atoms with van der Waals surface area (Å²) in [7, 11) is 0. The van der Waals surface area contributed by atoms with E-state index < -0.39 is 29.4 Å². The van der Waals surface area contributed by atoms with Gasteiger partial charge >= 0.3 is 11.8 Å². The minimum Gasteiger partial charge on any atom is -0.383 e. The van der Waals surface area contributed by atoms with Gasteiger partial charge in [-0.15, -0.1) is 11.3 Å². The van der Waals surface area contributed by atoms with Crippen molar-refractivity contribution < 1.29 is 14.0 Å². The Hall–Kier alpha value is -3.07. The number of hydrogen-bond donors (Lipinski definition) is 2. The number of aryl methyl sites for hydroxylation is 1. The van der Waals surface area contributed by atoms with E-state index in [4.69, 9.17) is 5.73 Å². The van der Waals surface area contributed by atoms with Crippen molar-refractivity contribution >= 4 is 44.9 Å². The first-order valence-electron chi connectivity index (χ1n) is 10.0. The van der Waals surface area contributed by atoms with Crippen molar-refractivity contribution in [3.8, 4) is 0 Å². The van der Waals surface area contributed by atoms with Crippen LogP contribution in [0.5, 0.6) is 0 Å². The predicted octanol–water partition coefficient (Wildman–Crippen LogP) is 3.86. The predicted molar refractivity (Wildman–Crippen MR) is 119 cm³/mol. The summed E-state index contributed by atoms with van der Waals surface area (Å²) in [6.07, 6.45) is 1.50. The Morgan fingerprint density at radius 3 is 2.84 bits per heavy atom. The molecule has 1 unspecified atom stereocenters. The van der Waals surface area contributed by atoms with E-state index >= 15 is 4.39 Å². The SMILES string of the molecule is Cc1cc(NC(=O)C(=O)N2C[C@@H](C)C(C)(F)C[C@@H]2c2ccc3scnc3c2)cnc1N. The molecule has 1 fully saturated rings. The van der Waals surface area contributed by atoms with Gasteiger partial charge in [-0.05, 0) is 43.2 Å². The molecule has 1 aliphatic rings. The van der Waals surface area contributed by atoms with Gasteiger partial charge in [-0.3, -0.25) is 9.59 Å². The molecule has 0 saturated carbocycles. The lowest BCUT2D eigenvalue weighted by atomic mass is 9.79. The summed E-state index contributed by atoms with van der Waals surface area (Å²) in [6, 6.07) is 6.75. The van der Waals surface area contributed by atoms with Gasteiger partial charge in [-0.1, -0.05) is 13.0 Å². The summed E-state index contributed by atoms with van der Waals surface area (Å²) in [6.45, 7) is 5.21. The van der Waals surface area contributed by atoms with E-state index in [1.165, 1.54) is 22.4 Å². The van der Waals surface area contributed by atoms with Crippen molar-refractivity contribution in [3.63, 3.8) is 0 Å². The zero-order valence-corrected chi connectivity index (χ0v) is 18.4. The molecule has 0 bridgehead atoms. The quantitative estimate of drug-likeness (QED) is 0.588. The molecule has 2 aromatic heterocycles. The van der Waals surface area contributed by atoms with Crippen molar-refractivity contribution in [1.29, 1.82) is 0 Å². The number of hydrogen-bond acceptors (Lipinski definition) is 6. The number of thiazole rings is 1. The second-order valence-corrected chi connectivity index (χ2v) is 9.20. The molecule has 3 atom stereocenters. The number of amides is 2. The molecule has 9 heteroatoms. The number of nitrogen functional groups attached to an aromatic ring is 1. The highest BCUT2D eigenvalue weighted by atomic mass is 32.1. The standard InChI is InChI=1S/C22H24FN5O2S/c1-12-6-15(9-25-19(12)24)27-20(29)21(30)28-10-13(2)22(3,23)8-17(28)14-4-5-18-16(7-14)26-11-31-18/h4-7,9,11,13,17H,8,10H2,1-3H3,(H2,24,25)(H,27,29)/t13-,17-,22?/m1/s1. The van der Waals surface area contributed by atoms with Gasteiger partial charge in [0.1, 0.15) is 11.5 Å². The first-order chi connectivity index (χ1) is 14.7. The second kappa shape index (κ2) is 7.88. The maximum atomic E-state index is 15.2. The third kappa shape index (κ3) is 4.10. The summed E-state index contributed by atoms with van der Waals surface area (Å²) >= 11 is 1.51. The number of rotatable bonds is 2. The van der Waals surface area contributed by atoms with Crippen molar-refractivity contribution in [2.45, 2.75) is 38.9 Å². The average Bonchev–Trinajstić information content (AvgIpc) is 3.19. The molecule has 3 heterocycles. The molecule has 7 nitrogen and oxygen atoms in total. The highest BCUT2D eigenvalue weighted by Gasteiger charge is 2.45. The van der Waals surface area contributed by atoms with Gasteiger partial charge in [-0.2, -0.15) is 0 Å². The maximum Gasteiger partial charge on any atom is 0.313 e. The zero-order chi connectivity index (χ0) is 22.3. The summed E-state index contributed by atoms with van der Waals surface area (Å²) in [5.41, 5.74) is 8.62. The van der Waals surface area contributed by atoms with Crippen LogP contribution in [0.1, 0.15) is 37.4 Å². The number of benzene rings is 1. The lowest BCUT2D eigenvalue weighted by Gasteiger charge is -2.45. The normalized spacial score (nSPS) is 23.7. The van der Waals surface area contributed by atoms with Crippen molar-refractivity contribution in [3.05, 3.63) is 47.1 Å². The number of pyridine rings is 1. The number of carbonyl (C=O) groups is 2. The molecular weight excluding hydrogens is 417 g/mol. The van der Waals surface area contributed by atoms with Crippen LogP contribution in [0.4, 0.5) is 15.9 Å². The number of nitrogens with one attached hydrogen (secondary N) is 1. The fourth-order valence-electron chi connectivity index (χ4n) is 3.88. The number of halogens is 1. The van der Waals surface area contributed by atoms with E-state index in [1.807, 2.05) is 18.2 Å². The number of carbonyl (C=O) groups excluding carboxylic acids is 2. The van der Waals surface area contributed by atoms with E-state index in [0.29, 0.717) is 17.1 Å². The van der Waals surface area contributed by atoms with E-state index in [2.05, 4.69) is 15.3 Å². The van der Waals surface area contributed by atoms with Crippen LogP contribution >= 0.6 is 11.3 Å². The number of nitrogens with zero attached hydrogens (tertiary/aromatic N) is 3. The molecule has 0 aliphatic carbocycles. The topological polar surface area (TPSA) is 101 Å². The number of alkyl halides is 1. The van der Waals surface area contributed by atoms with Gasteiger partial charge in [-0.25, -0.2) is 14.4 Å². The monoisotopic (exact) mass is 441 g/mol. The van der Waals surface area contributed by atoms with Gasteiger partial charge in [0, 0.05) is 18.9 Å². The van der Waals surface area contributed by atoms with E-state index in [0.717, 1.165) is 15.8 Å². The molecule has 1 aliphatic heterocycles. The van der Waals surface area contributed by atoms with Crippen LogP contribution in [0.15, 0.2) is 36.0 Å². The molecule has 0 spiro atoms. The molecule has 3 aromatic rings. The third-order valence-electron chi connectivity index (χ3n) is 6.04. The Morgan fingerprint density at radius 2 is 2.10 bits per heavy atom. The van der Waals surface area contributed by atoms with Crippen LogP contribution in [0.3, 0.4) is 0 Å². The van der Waals surface area contributed by atoms with Crippen LogP contribution in [-0.2, 0) is 9.59 Å². The van der Waals surface area contributed by atoms with Crippen LogP contribution in [0.2, 0.25) is 0 Å². The Labute approximate surface area is 183 Å². The van der Waals surface area contributed by atoms with E-state index in [9.17, 15) is 9.59 Å². The summed E-state index contributed by atoms with van der Waals surface area (Å²) < 4.78 is 16.3. The second-order valence-electron chi connectivity index (χ2n) is 8.32. The largest absolute Gasteiger partial charge is 0.383 e. The van der Waals surface area contributed by atoms with Gasteiger partial charge in [0.25, 0.3) is 0 Å². The molecule has 4 rings (SSSR count). The molecule has 3 N–H and O–H groups in total. The van der Waals surface area contributed by atoms with E-state index in [-0.39, 0.29) is 13.0 Å².